The lowest BCUT2D eigenvalue weighted by atomic mass is 10.0. The van der Waals surface area contributed by atoms with E-state index in [0.717, 1.165) is 30.0 Å². The van der Waals surface area contributed by atoms with Crippen LogP contribution in [-0.2, 0) is 13.2 Å². The van der Waals surface area contributed by atoms with E-state index in [0.29, 0.717) is 13.2 Å². The van der Waals surface area contributed by atoms with Gasteiger partial charge in [-0.05, 0) is 35.7 Å². The van der Waals surface area contributed by atoms with Crippen molar-refractivity contribution in [3.05, 3.63) is 59.2 Å². The molecule has 1 heterocycles. The number of benzene rings is 2. The predicted molar refractivity (Wildman–Crippen MR) is 89.7 cm³/mol. The Hall–Kier alpha value is -2.04. The van der Waals surface area contributed by atoms with Crippen molar-refractivity contribution in [2.75, 3.05) is 13.2 Å². The number of aliphatic hydroxyl groups excluding tert-OH is 1. The van der Waals surface area contributed by atoms with E-state index >= 15 is 0 Å². The van der Waals surface area contributed by atoms with Gasteiger partial charge < -0.3 is 19.9 Å². The molecule has 4 nitrogen and oxygen atoms in total. The molecule has 0 saturated carbocycles. The summed E-state index contributed by atoms with van der Waals surface area (Å²) in [5.41, 5.74) is 3.28. The van der Waals surface area contributed by atoms with Crippen LogP contribution in [0.5, 0.6) is 11.5 Å². The fourth-order valence-electron chi connectivity index (χ4n) is 2.67. The largest absolute Gasteiger partial charge is 0.490 e. The van der Waals surface area contributed by atoms with E-state index in [2.05, 4.69) is 24.4 Å². The Morgan fingerprint density at radius 1 is 1.04 bits per heavy atom. The van der Waals surface area contributed by atoms with Crippen LogP contribution in [-0.4, -0.2) is 18.3 Å². The summed E-state index contributed by atoms with van der Waals surface area (Å²) in [6.45, 7) is 4.36. The van der Waals surface area contributed by atoms with E-state index in [1.54, 1.807) is 0 Å². The first-order valence-corrected chi connectivity index (χ1v) is 8.08. The molecular formula is C19H23NO3. The van der Waals surface area contributed by atoms with Crippen molar-refractivity contribution < 1.29 is 14.6 Å². The van der Waals surface area contributed by atoms with Crippen LogP contribution in [0.1, 0.15) is 36.1 Å². The van der Waals surface area contributed by atoms with Crippen LogP contribution in [0, 0.1) is 0 Å². The van der Waals surface area contributed by atoms with Crippen LogP contribution >= 0.6 is 0 Å². The van der Waals surface area contributed by atoms with Crippen LogP contribution < -0.4 is 14.8 Å². The zero-order chi connectivity index (χ0) is 16.1. The Balaban J connectivity index is 1.64. The van der Waals surface area contributed by atoms with E-state index in [1.807, 2.05) is 30.3 Å². The minimum absolute atomic E-state index is 0.0721. The van der Waals surface area contributed by atoms with E-state index in [1.165, 1.54) is 11.1 Å². The van der Waals surface area contributed by atoms with Crippen LogP contribution in [0.2, 0.25) is 0 Å². The molecule has 3 rings (SSSR count). The molecule has 0 spiro atoms. The first-order valence-electron chi connectivity index (χ1n) is 8.08. The summed E-state index contributed by atoms with van der Waals surface area (Å²) in [6, 6.07) is 14.3. The molecule has 0 saturated heterocycles. The molecule has 0 fully saturated rings. The zero-order valence-corrected chi connectivity index (χ0v) is 13.4. The average Bonchev–Trinajstić information content (AvgIpc) is 2.84. The van der Waals surface area contributed by atoms with E-state index in [4.69, 9.17) is 9.47 Å². The quantitative estimate of drug-likeness (QED) is 0.890. The van der Waals surface area contributed by atoms with Crippen LogP contribution in [0.3, 0.4) is 0 Å². The van der Waals surface area contributed by atoms with Crippen molar-refractivity contribution >= 4 is 0 Å². The number of hydrogen-bond acceptors (Lipinski definition) is 4. The third-order valence-corrected chi connectivity index (χ3v) is 4.06. The molecule has 0 aromatic heterocycles. The number of fused-ring (bicyclic) bond motifs is 1. The molecule has 1 aliphatic heterocycles. The van der Waals surface area contributed by atoms with E-state index < -0.39 is 0 Å². The van der Waals surface area contributed by atoms with Gasteiger partial charge in [0.2, 0.25) is 0 Å². The Kier molecular flexibility index (Phi) is 5.16. The Labute approximate surface area is 137 Å². The number of hydrogen-bond donors (Lipinski definition) is 2. The standard InChI is InChI=1S/C19H23NO3/c1-14(17-5-2-4-16(10-17)13-21)20-12-15-6-7-18-19(11-15)23-9-3-8-22-18/h2,4-7,10-11,14,20-21H,3,8-9,12-13H2,1H3. The molecule has 2 aromatic rings. The fourth-order valence-corrected chi connectivity index (χ4v) is 2.67. The summed E-state index contributed by atoms with van der Waals surface area (Å²) in [7, 11) is 0. The second kappa shape index (κ2) is 7.49. The number of aliphatic hydroxyl groups is 1. The molecule has 1 unspecified atom stereocenters. The van der Waals surface area contributed by atoms with Crippen LogP contribution in [0.4, 0.5) is 0 Å². The minimum Gasteiger partial charge on any atom is -0.490 e. The van der Waals surface area contributed by atoms with Gasteiger partial charge in [0.25, 0.3) is 0 Å². The van der Waals surface area contributed by atoms with Gasteiger partial charge in [-0.15, -0.1) is 0 Å². The van der Waals surface area contributed by atoms with Crippen LogP contribution in [0.25, 0.3) is 0 Å². The van der Waals surface area contributed by atoms with Crippen LogP contribution in [0.15, 0.2) is 42.5 Å². The molecule has 2 aromatic carbocycles. The smallest absolute Gasteiger partial charge is 0.161 e. The molecule has 0 bridgehead atoms. The first-order chi connectivity index (χ1) is 11.3. The zero-order valence-electron chi connectivity index (χ0n) is 13.4. The van der Waals surface area contributed by atoms with E-state index in [-0.39, 0.29) is 12.6 Å². The summed E-state index contributed by atoms with van der Waals surface area (Å²) in [5.74, 6) is 1.66. The lowest BCUT2D eigenvalue weighted by Crippen LogP contribution is -2.18. The normalized spacial score (nSPS) is 15.0. The molecule has 0 aliphatic carbocycles. The summed E-state index contributed by atoms with van der Waals surface area (Å²) >= 11 is 0. The average molecular weight is 313 g/mol. The second-order valence-corrected chi connectivity index (χ2v) is 5.84. The molecule has 2 N–H and O–H groups in total. The maximum absolute atomic E-state index is 9.24. The third-order valence-electron chi connectivity index (χ3n) is 4.06. The monoisotopic (exact) mass is 313 g/mol. The van der Waals surface area contributed by atoms with Gasteiger partial charge in [-0.25, -0.2) is 0 Å². The lowest BCUT2D eigenvalue weighted by molar-refractivity contribution is 0.281. The highest BCUT2D eigenvalue weighted by molar-refractivity contribution is 5.43. The SMILES string of the molecule is CC(NCc1ccc2c(c1)OCCCO2)c1cccc(CO)c1. The lowest BCUT2D eigenvalue weighted by Gasteiger charge is -2.16. The molecular weight excluding hydrogens is 290 g/mol. The van der Waals surface area contributed by atoms with Gasteiger partial charge in [-0.2, -0.15) is 0 Å². The number of rotatable bonds is 5. The summed E-state index contributed by atoms with van der Waals surface area (Å²) in [5, 5.41) is 12.8. The van der Waals surface area contributed by atoms with Gasteiger partial charge in [0.1, 0.15) is 0 Å². The number of ether oxygens (including phenoxy) is 2. The molecule has 1 atom stereocenters. The van der Waals surface area contributed by atoms with Gasteiger partial charge in [0.05, 0.1) is 19.8 Å². The van der Waals surface area contributed by atoms with Crippen molar-refractivity contribution in [3.8, 4) is 11.5 Å². The highest BCUT2D eigenvalue weighted by atomic mass is 16.5. The van der Waals surface area contributed by atoms with Crippen molar-refractivity contribution in [2.45, 2.75) is 32.5 Å². The van der Waals surface area contributed by atoms with Crippen molar-refractivity contribution in [1.82, 2.24) is 5.32 Å². The fraction of sp³-hybridized carbons (Fsp3) is 0.368. The molecule has 23 heavy (non-hydrogen) atoms. The van der Waals surface area contributed by atoms with Crippen molar-refractivity contribution in [1.29, 1.82) is 0 Å². The van der Waals surface area contributed by atoms with Gasteiger partial charge in [0, 0.05) is 19.0 Å². The molecule has 122 valence electrons. The maximum Gasteiger partial charge on any atom is 0.161 e. The third kappa shape index (κ3) is 4.03. The molecule has 1 aliphatic rings. The topological polar surface area (TPSA) is 50.7 Å². The summed E-state index contributed by atoms with van der Waals surface area (Å²) < 4.78 is 11.4. The Morgan fingerprint density at radius 2 is 1.87 bits per heavy atom. The second-order valence-electron chi connectivity index (χ2n) is 5.84. The van der Waals surface area contributed by atoms with Crippen molar-refractivity contribution in [3.63, 3.8) is 0 Å². The molecule has 0 amide bonds. The highest BCUT2D eigenvalue weighted by Crippen LogP contribution is 2.30. The van der Waals surface area contributed by atoms with Crippen molar-refractivity contribution in [2.24, 2.45) is 0 Å². The highest BCUT2D eigenvalue weighted by Gasteiger charge is 2.11. The Morgan fingerprint density at radius 3 is 2.70 bits per heavy atom. The van der Waals surface area contributed by atoms with Gasteiger partial charge in [-0.3, -0.25) is 0 Å². The maximum atomic E-state index is 9.24. The first kappa shape index (κ1) is 15.8. The Bertz CT molecular complexity index is 657. The van der Waals surface area contributed by atoms with Gasteiger partial charge in [-0.1, -0.05) is 30.3 Å². The minimum atomic E-state index is 0.0721. The summed E-state index contributed by atoms with van der Waals surface area (Å²) in [6.07, 6.45) is 0.917. The van der Waals surface area contributed by atoms with Gasteiger partial charge >= 0.3 is 0 Å². The number of nitrogens with one attached hydrogen (secondary N) is 1. The predicted octanol–water partition coefficient (Wildman–Crippen LogP) is 3.19. The van der Waals surface area contributed by atoms with E-state index in [9.17, 15) is 5.11 Å². The molecule has 0 radical (unpaired) electrons. The van der Waals surface area contributed by atoms with Gasteiger partial charge in [0.15, 0.2) is 11.5 Å². The molecule has 4 heteroatoms. The summed E-state index contributed by atoms with van der Waals surface area (Å²) in [4.78, 5) is 0.